The van der Waals surface area contributed by atoms with Crippen molar-refractivity contribution < 1.29 is 4.52 Å². The van der Waals surface area contributed by atoms with Crippen molar-refractivity contribution in [2.24, 2.45) is 5.92 Å². The molecule has 1 aliphatic heterocycles. The van der Waals surface area contributed by atoms with Crippen LogP contribution in [0.4, 0.5) is 5.82 Å². The van der Waals surface area contributed by atoms with E-state index in [4.69, 9.17) is 4.52 Å². The van der Waals surface area contributed by atoms with Crippen LogP contribution in [0.2, 0.25) is 0 Å². The van der Waals surface area contributed by atoms with Crippen molar-refractivity contribution in [1.82, 2.24) is 20.0 Å². The average molecular weight is 377 g/mol. The minimum atomic E-state index is 0.592. The van der Waals surface area contributed by atoms with E-state index in [9.17, 15) is 0 Å². The van der Waals surface area contributed by atoms with Crippen molar-refractivity contribution in [1.29, 1.82) is 0 Å². The maximum atomic E-state index is 5.45. The maximum absolute atomic E-state index is 5.45. The molecule has 0 unspecified atom stereocenters. The van der Waals surface area contributed by atoms with Crippen LogP contribution in [0.25, 0.3) is 11.4 Å². The van der Waals surface area contributed by atoms with E-state index in [1.54, 1.807) is 0 Å². The van der Waals surface area contributed by atoms with E-state index in [0.717, 1.165) is 36.9 Å². The second-order valence-electron chi connectivity index (χ2n) is 7.77. The van der Waals surface area contributed by atoms with Crippen LogP contribution in [0.3, 0.4) is 0 Å². The summed E-state index contributed by atoms with van der Waals surface area (Å²) in [7, 11) is 2.05. The molecule has 0 amide bonds. The highest BCUT2D eigenvalue weighted by molar-refractivity contribution is 5.55. The Morgan fingerprint density at radius 2 is 2.00 bits per heavy atom. The number of hydrogen-bond donors (Lipinski definition) is 0. The molecule has 0 aliphatic carbocycles. The molecule has 0 saturated carbocycles. The molecule has 1 aromatic carbocycles. The molecule has 6 nitrogen and oxygen atoms in total. The maximum Gasteiger partial charge on any atom is 0.241 e. The molecule has 1 saturated heterocycles. The van der Waals surface area contributed by atoms with Gasteiger partial charge in [0, 0.05) is 31.4 Å². The number of aromatic nitrogens is 3. The van der Waals surface area contributed by atoms with Gasteiger partial charge in [-0.05, 0) is 43.5 Å². The first-order chi connectivity index (χ1) is 13.7. The number of nitrogens with zero attached hydrogens (tertiary/aromatic N) is 5. The zero-order valence-electron chi connectivity index (χ0n) is 16.6. The fraction of sp³-hybridized carbons (Fsp3) is 0.409. The summed E-state index contributed by atoms with van der Waals surface area (Å²) in [6, 6.07) is 14.5. The van der Waals surface area contributed by atoms with Crippen molar-refractivity contribution in [3.05, 3.63) is 60.1 Å². The van der Waals surface area contributed by atoms with Gasteiger partial charge in [-0.15, -0.1) is 0 Å². The standard InChI is InChI=1S/C22H27N5O/c1-17-7-6-12-27(14-17)20-11-10-19(13-23-20)22-24-21(28-25-22)16-26(2)15-18-8-4-3-5-9-18/h3-5,8-11,13,17H,6-7,12,14-16H2,1-2H3/t17-/m1/s1. The van der Waals surface area contributed by atoms with Gasteiger partial charge in [-0.1, -0.05) is 42.4 Å². The van der Waals surface area contributed by atoms with E-state index in [0.29, 0.717) is 18.3 Å². The van der Waals surface area contributed by atoms with Crippen molar-refractivity contribution in [2.75, 3.05) is 25.0 Å². The summed E-state index contributed by atoms with van der Waals surface area (Å²) in [6.45, 7) is 5.90. The Hall–Kier alpha value is -2.73. The highest BCUT2D eigenvalue weighted by Crippen LogP contribution is 2.23. The molecule has 3 heterocycles. The summed E-state index contributed by atoms with van der Waals surface area (Å²) in [5.74, 6) is 2.96. The minimum Gasteiger partial charge on any atom is -0.356 e. The van der Waals surface area contributed by atoms with E-state index in [1.807, 2.05) is 25.4 Å². The predicted octanol–water partition coefficient (Wildman–Crippen LogP) is 4.00. The van der Waals surface area contributed by atoms with Gasteiger partial charge in [-0.3, -0.25) is 4.90 Å². The first-order valence-corrected chi connectivity index (χ1v) is 9.94. The summed E-state index contributed by atoms with van der Waals surface area (Å²) < 4.78 is 5.45. The normalized spacial score (nSPS) is 17.2. The van der Waals surface area contributed by atoms with Gasteiger partial charge in [-0.25, -0.2) is 4.98 Å². The summed E-state index contributed by atoms with van der Waals surface area (Å²) in [5, 5.41) is 4.13. The van der Waals surface area contributed by atoms with Crippen molar-refractivity contribution in [2.45, 2.75) is 32.9 Å². The average Bonchev–Trinajstić information content (AvgIpc) is 3.17. The van der Waals surface area contributed by atoms with Crippen LogP contribution in [0.5, 0.6) is 0 Å². The lowest BCUT2D eigenvalue weighted by Crippen LogP contribution is -2.34. The molecule has 1 atom stereocenters. The van der Waals surface area contributed by atoms with Gasteiger partial charge < -0.3 is 9.42 Å². The molecule has 28 heavy (non-hydrogen) atoms. The Balaban J connectivity index is 1.38. The van der Waals surface area contributed by atoms with E-state index >= 15 is 0 Å². The third-order valence-corrected chi connectivity index (χ3v) is 5.16. The van der Waals surface area contributed by atoms with E-state index < -0.39 is 0 Å². The number of pyridine rings is 1. The number of hydrogen-bond acceptors (Lipinski definition) is 6. The zero-order valence-corrected chi connectivity index (χ0v) is 16.6. The highest BCUT2D eigenvalue weighted by atomic mass is 16.5. The summed E-state index contributed by atoms with van der Waals surface area (Å²) in [5.41, 5.74) is 2.14. The molecule has 6 heteroatoms. The van der Waals surface area contributed by atoms with Crippen LogP contribution >= 0.6 is 0 Å². The Kier molecular flexibility index (Phi) is 5.67. The van der Waals surface area contributed by atoms with Crippen molar-refractivity contribution in [3.8, 4) is 11.4 Å². The first-order valence-electron chi connectivity index (χ1n) is 9.94. The lowest BCUT2D eigenvalue weighted by atomic mass is 10.0. The van der Waals surface area contributed by atoms with Crippen LogP contribution in [0.1, 0.15) is 31.2 Å². The zero-order chi connectivity index (χ0) is 19.3. The lowest BCUT2D eigenvalue weighted by Gasteiger charge is -2.31. The first kappa shape index (κ1) is 18.6. The van der Waals surface area contributed by atoms with Crippen LogP contribution in [-0.4, -0.2) is 40.2 Å². The molecule has 3 aromatic rings. The minimum absolute atomic E-state index is 0.592. The third kappa shape index (κ3) is 4.57. The lowest BCUT2D eigenvalue weighted by molar-refractivity contribution is 0.261. The molecular weight excluding hydrogens is 350 g/mol. The fourth-order valence-electron chi connectivity index (χ4n) is 3.72. The molecule has 0 radical (unpaired) electrons. The molecule has 0 N–H and O–H groups in total. The largest absolute Gasteiger partial charge is 0.356 e. The second-order valence-corrected chi connectivity index (χ2v) is 7.77. The molecule has 2 aromatic heterocycles. The van der Waals surface area contributed by atoms with Crippen molar-refractivity contribution in [3.63, 3.8) is 0 Å². The molecule has 1 aliphatic rings. The predicted molar refractivity (Wildman–Crippen MR) is 110 cm³/mol. The van der Waals surface area contributed by atoms with Crippen LogP contribution in [-0.2, 0) is 13.1 Å². The molecule has 146 valence electrons. The van der Waals surface area contributed by atoms with Gasteiger partial charge in [0.1, 0.15) is 5.82 Å². The summed E-state index contributed by atoms with van der Waals surface area (Å²) in [6.07, 6.45) is 4.38. The molecule has 0 spiro atoms. The van der Waals surface area contributed by atoms with Gasteiger partial charge in [0.2, 0.25) is 11.7 Å². The summed E-state index contributed by atoms with van der Waals surface area (Å²) in [4.78, 5) is 13.7. The monoisotopic (exact) mass is 377 g/mol. The second kappa shape index (κ2) is 8.52. The quantitative estimate of drug-likeness (QED) is 0.647. The van der Waals surface area contributed by atoms with E-state index in [-0.39, 0.29) is 0 Å². The number of rotatable bonds is 6. The molecule has 1 fully saturated rings. The Morgan fingerprint density at radius 1 is 1.14 bits per heavy atom. The van der Waals surface area contributed by atoms with Gasteiger partial charge >= 0.3 is 0 Å². The Labute approximate surface area is 166 Å². The van der Waals surface area contributed by atoms with Crippen LogP contribution in [0.15, 0.2) is 53.2 Å². The van der Waals surface area contributed by atoms with Crippen LogP contribution < -0.4 is 4.90 Å². The molecule has 0 bridgehead atoms. The van der Waals surface area contributed by atoms with Gasteiger partial charge in [0.05, 0.1) is 6.54 Å². The van der Waals surface area contributed by atoms with E-state index in [2.05, 4.69) is 62.2 Å². The number of benzene rings is 1. The fourth-order valence-corrected chi connectivity index (χ4v) is 3.72. The Morgan fingerprint density at radius 3 is 2.75 bits per heavy atom. The number of piperidine rings is 1. The smallest absolute Gasteiger partial charge is 0.241 e. The highest BCUT2D eigenvalue weighted by Gasteiger charge is 2.18. The van der Waals surface area contributed by atoms with Gasteiger partial charge in [0.25, 0.3) is 0 Å². The van der Waals surface area contributed by atoms with E-state index in [1.165, 1.54) is 18.4 Å². The molecule has 4 rings (SSSR count). The Bertz CT molecular complexity index is 877. The van der Waals surface area contributed by atoms with Gasteiger partial charge in [0.15, 0.2) is 0 Å². The SMILES string of the molecule is C[C@@H]1CCCN(c2ccc(-c3noc(CN(C)Cc4ccccc4)n3)cn2)C1. The third-order valence-electron chi connectivity index (χ3n) is 5.16. The molecular formula is C22H27N5O. The van der Waals surface area contributed by atoms with Gasteiger partial charge in [-0.2, -0.15) is 4.98 Å². The van der Waals surface area contributed by atoms with Crippen LogP contribution in [0, 0.1) is 5.92 Å². The number of anilines is 1. The summed E-state index contributed by atoms with van der Waals surface area (Å²) >= 11 is 0. The topological polar surface area (TPSA) is 58.3 Å². The van der Waals surface area contributed by atoms with Crippen molar-refractivity contribution >= 4 is 5.82 Å².